The van der Waals surface area contributed by atoms with Gasteiger partial charge in [-0.25, -0.2) is 0 Å². The van der Waals surface area contributed by atoms with E-state index in [4.69, 9.17) is 23.7 Å². The highest BCUT2D eigenvalue weighted by Crippen LogP contribution is 2.28. The molecule has 4 unspecified atom stereocenters. The number of aliphatic hydroxyl groups is 6. The molecule has 10 atom stereocenters. The maximum absolute atomic E-state index is 11.3. The van der Waals surface area contributed by atoms with E-state index in [0.717, 1.165) is 0 Å². The topological polar surface area (TPSA) is 202 Å². The van der Waals surface area contributed by atoms with E-state index in [1.807, 2.05) is 0 Å². The first-order chi connectivity index (χ1) is 14.6. The number of ether oxygens (including phenoxy) is 5. The van der Waals surface area contributed by atoms with Crippen LogP contribution in [0.25, 0.3) is 0 Å². The van der Waals surface area contributed by atoms with Crippen molar-refractivity contribution in [2.75, 3.05) is 13.2 Å². The van der Waals surface area contributed by atoms with Crippen LogP contribution in [0.15, 0.2) is 0 Å². The predicted molar refractivity (Wildman–Crippen MR) is 96.9 cm³/mol. The Morgan fingerprint density at radius 3 is 1.32 bits per heavy atom. The molecular weight excluding hydrogens is 424 g/mol. The lowest BCUT2D eigenvalue weighted by Gasteiger charge is -2.44. The van der Waals surface area contributed by atoms with Gasteiger partial charge in [-0.2, -0.15) is 0 Å². The van der Waals surface area contributed by atoms with Gasteiger partial charge in [0.05, 0.1) is 0 Å². The molecule has 0 radical (unpaired) electrons. The molecule has 0 aromatic heterocycles. The Balaban J connectivity index is 2.06. The first-order valence-corrected chi connectivity index (χ1v) is 9.96. The zero-order chi connectivity index (χ0) is 23.3. The summed E-state index contributed by atoms with van der Waals surface area (Å²) in [5.74, 6) is -1.16. The highest BCUT2D eigenvalue weighted by molar-refractivity contribution is 5.69. The highest BCUT2D eigenvalue weighted by atomic mass is 16.8. The van der Waals surface area contributed by atoms with E-state index in [1.54, 1.807) is 13.8 Å². The van der Waals surface area contributed by atoms with E-state index < -0.39 is 86.6 Å². The second-order valence-electron chi connectivity index (χ2n) is 7.24. The molecule has 0 aromatic carbocycles. The van der Waals surface area contributed by atoms with Crippen LogP contribution in [0.1, 0.15) is 26.7 Å². The fourth-order valence-corrected chi connectivity index (χ4v) is 3.02. The maximum Gasteiger partial charge on any atom is 0.305 e. The molecule has 2 aliphatic rings. The maximum atomic E-state index is 11.3. The Hall–Kier alpha value is -1.42. The van der Waals surface area contributed by atoms with E-state index >= 15 is 0 Å². The molecule has 0 bridgehead atoms. The zero-order valence-corrected chi connectivity index (χ0v) is 17.1. The Kier molecular flexibility index (Phi) is 9.54. The number of carbonyl (C=O) groups excluding carboxylic acids is 2. The molecule has 2 fully saturated rings. The molecule has 2 saturated heterocycles. The van der Waals surface area contributed by atoms with Crippen LogP contribution < -0.4 is 0 Å². The molecule has 0 aliphatic carbocycles. The van der Waals surface area contributed by atoms with Gasteiger partial charge in [0.1, 0.15) is 62.0 Å². The van der Waals surface area contributed by atoms with Crippen molar-refractivity contribution in [3.05, 3.63) is 0 Å². The van der Waals surface area contributed by atoms with Crippen LogP contribution in [0.5, 0.6) is 0 Å². The van der Waals surface area contributed by atoms with Crippen LogP contribution in [-0.2, 0) is 33.3 Å². The summed E-state index contributed by atoms with van der Waals surface area (Å²) in [4.78, 5) is 22.7. The SMILES string of the molecule is CCC(=O)OCC1O[C@@H](O[C@@H]2OC(COC(=O)CC)[C@H](O)C(O)[C@H]2O)[C@H](O)C(O)[C@H]1O. The molecule has 13 heteroatoms. The van der Waals surface area contributed by atoms with Crippen molar-refractivity contribution in [2.24, 2.45) is 0 Å². The molecule has 13 nitrogen and oxygen atoms in total. The fraction of sp³-hybridized carbons (Fsp3) is 0.889. The van der Waals surface area contributed by atoms with Crippen molar-refractivity contribution >= 4 is 11.9 Å². The van der Waals surface area contributed by atoms with Crippen molar-refractivity contribution in [3.8, 4) is 0 Å². The van der Waals surface area contributed by atoms with Gasteiger partial charge in [0.2, 0.25) is 0 Å². The third-order valence-corrected chi connectivity index (χ3v) is 5.00. The van der Waals surface area contributed by atoms with E-state index in [-0.39, 0.29) is 12.8 Å². The Morgan fingerprint density at radius 2 is 1.00 bits per heavy atom. The standard InChI is InChI=1S/C18H30O13/c1-3-9(19)27-5-7-11(21)13(23)15(25)17(29-7)31-18-16(26)14(24)12(22)8(30-18)6-28-10(20)4-2/h7-8,11-18,21-26H,3-6H2,1-2H3/t7?,8?,11-,12-,13?,14?,15+,16+,17-,18-/m0/s1. The van der Waals surface area contributed by atoms with Gasteiger partial charge in [-0.1, -0.05) is 13.8 Å². The van der Waals surface area contributed by atoms with E-state index in [9.17, 15) is 40.2 Å². The van der Waals surface area contributed by atoms with Crippen molar-refractivity contribution in [1.82, 2.24) is 0 Å². The minimum absolute atomic E-state index is 0.0697. The van der Waals surface area contributed by atoms with Gasteiger partial charge in [-0.3, -0.25) is 9.59 Å². The summed E-state index contributed by atoms with van der Waals surface area (Å²) < 4.78 is 25.8. The lowest BCUT2D eigenvalue weighted by molar-refractivity contribution is -0.376. The Morgan fingerprint density at radius 1 is 0.645 bits per heavy atom. The quantitative estimate of drug-likeness (QED) is 0.198. The minimum Gasteiger partial charge on any atom is -0.463 e. The summed E-state index contributed by atoms with van der Waals surface area (Å²) >= 11 is 0. The average Bonchev–Trinajstić information content (AvgIpc) is 2.77. The van der Waals surface area contributed by atoms with Crippen LogP contribution >= 0.6 is 0 Å². The van der Waals surface area contributed by atoms with Gasteiger partial charge in [-0.15, -0.1) is 0 Å². The number of rotatable bonds is 8. The zero-order valence-electron chi connectivity index (χ0n) is 17.1. The minimum atomic E-state index is -1.79. The summed E-state index contributed by atoms with van der Waals surface area (Å²) in [5, 5.41) is 60.6. The van der Waals surface area contributed by atoms with Crippen LogP contribution in [0, 0.1) is 0 Å². The van der Waals surface area contributed by atoms with E-state index in [1.165, 1.54) is 0 Å². The Labute approximate surface area is 178 Å². The third kappa shape index (κ3) is 6.31. The van der Waals surface area contributed by atoms with Crippen molar-refractivity contribution in [3.63, 3.8) is 0 Å². The monoisotopic (exact) mass is 454 g/mol. The van der Waals surface area contributed by atoms with E-state index in [0.29, 0.717) is 0 Å². The number of hydrogen-bond donors (Lipinski definition) is 6. The van der Waals surface area contributed by atoms with Crippen molar-refractivity contribution < 1.29 is 63.9 Å². The van der Waals surface area contributed by atoms with Gasteiger partial charge >= 0.3 is 11.9 Å². The van der Waals surface area contributed by atoms with Gasteiger partial charge in [0.15, 0.2) is 12.6 Å². The second-order valence-corrected chi connectivity index (χ2v) is 7.24. The molecule has 0 aromatic rings. The molecule has 0 amide bonds. The highest BCUT2D eigenvalue weighted by Gasteiger charge is 2.50. The summed E-state index contributed by atoms with van der Waals surface area (Å²) in [7, 11) is 0. The van der Waals surface area contributed by atoms with Crippen LogP contribution in [0.3, 0.4) is 0 Å². The number of aliphatic hydroxyl groups excluding tert-OH is 6. The van der Waals surface area contributed by atoms with Crippen molar-refractivity contribution in [2.45, 2.75) is 88.1 Å². The van der Waals surface area contributed by atoms with Gasteiger partial charge in [-0.05, 0) is 0 Å². The first-order valence-electron chi connectivity index (χ1n) is 9.96. The molecular formula is C18H30O13. The lowest BCUT2D eigenvalue weighted by Crippen LogP contribution is -2.64. The predicted octanol–water partition coefficient (Wildman–Crippen LogP) is -3.48. The number of esters is 2. The summed E-state index contributed by atoms with van der Waals surface area (Å²) in [5.41, 5.74) is 0. The Bertz CT molecular complexity index is 551. The normalized spacial score (nSPS) is 40.9. The van der Waals surface area contributed by atoms with Crippen LogP contribution in [-0.4, -0.2) is 117 Å². The van der Waals surface area contributed by atoms with Crippen LogP contribution in [0.2, 0.25) is 0 Å². The molecule has 0 saturated carbocycles. The first kappa shape index (κ1) is 25.8. The fourth-order valence-electron chi connectivity index (χ4n) is 3.02. The number of carbonyl (C=O) groups is 2. The van der Waals surface area contributed by atoms with Gasteiger partial charge < -0.3 is 54.3 Å². The van der Waals surface area contributed by atoms with Gasteiger partial charge in [0.25, 0.3) is 0 Å². The smallest absolute Gasteiger partial charge is 0.305 e. The van der Waals surface area contributed by atoms with Gasteiger partial charge in [0, 0.05) is 12.8 Å². The van der Waals surface area contributed by atoms with E-state index in [2.05, 4.69) is 0 Å². The second kappa shape index (κ2) is 11.4. The molecule has 2 rings (SSSR count). The number of hydrogen-bond acceptors (Lipinski definition) is 13. The molecule has 31 heavy (non-hydrogen) atoms. The summed E-state index contributed by atoms with van der Waals surface area (Å²) in [6.07, 6.45) is -16.0. The molecule has 6 N–H and O–H groups in total. The molecule has 0 spiro atoms. The van der Waals surface area contributed by atoms with Crippen LogP contribution in [0.4, 0.5) is 0 Å². The van der Waals surface area contributed by atoms with Crippen molar-refractivity contribution in [1.29, 1.82) is 0 Å². The molecule has 180 valence electrons. The molecule has 2 heterocycles. The summed E-state index contributed by atoms with van der Waals surface area (Å²) in [6.45, 7) is 2.23. The molecule has 2 aliphatic heterocycles. The average molecular weight is 454 g/mol. The summed E-state index contributed by atoms with van der Waals surface area (Å²) in [6, 6.07) is 0. The largest absolute Gasteiger partial charge is 0.463 e. The lowest BCUT2D eigenvalue weighted by atomic mass is 9.98. The third-order valence-electron chi connectivity index (χ3n) is 5.00.